The third kappa shape index (κ3) is 5.73. The van der Waals surface area contributed by atoms with Crippen LogP contribution in [0.2, 0.25) is 0 Å². The molecular formula is C12H16N2O. The Hall–Kier alpha value is -1.51. The zero-order valence-corrected chi connectivity index (χ0v) is 8.80. The van der Waals surface area contributed by atoms with Crippen LogP contribution in [0, 0.1) is 0 Å². The molecule has 0 atom stereocenters. The Bertz CT molecular complexity index is 296. The number of pyridine rings is 1. The van der Waals surface area contributed by atoms with E-state index in [4.69, 9.17) is 0 Å². The second kappa shape index (κ2) is 7.85. The number of aliphatic imine (C=N–C) groups is 1. The highest BCUT2D eigenvalue weighted by atomic mass is 16.1. The molecule has 0 saturated carbocycles. The van der Waals surface area contributed by atoms with Gasteiger partial charge < -0.3 is 4.79 Å². The molecule has 3 nitrogen and oxygen atoms in total. The number of carbonyl (C=O) groups is 1. The normalized spacial score (nSPS) is 10.7. The number of nitrogens with zero attached hydrogens (tertiary/aromatic N) is 2. The molecule has 0 radical (unpaired) electrons. The largest absolute Gasteiger partial charge is 0.303 e. The van der Waals surface area contributed by atoms with Gasteiger partial charge in [0.15, 0.2) is 0 Å². The van der Waals surface area contributed by atoms with Gasteiger partial charge in [-0.25, -0.2) is 0 Å². The van der Waals surface area contributed by atoms with Gasteiger partial charge in [0.25, 0.3) is 0 Å². The summed E-state index contributed by atoms with van der Waals surface area (Å²) in [5.74, 6) is 0. The molecule has 0 bridgehead atoms. The van der Waals surface area contributed by atoms with Crippen LogP contribution in [0.15, 0.2) is 29.4 Å². The molecule has 0 N–H and O–H groups in total. The first-order valence-electron chi connectivity index (χ1n) is 5.28. The summed E-state index contributed by atoms with van der Waals surface area (Å²) in [5.41, 5.74) is 0.894. The maximum absolute atomic E-state index is 10.0. The molecule has 0 saturated heterocycles. The highest BCUT2D eigenvalue weighted by Crippen LogP contribution is 1.98. The van der Waals surface area contributed by atoms with Crippen molar-refractivity contribution in [3.8, 4) is 0 Å². The first kappa shape index (κ1) is 11.6. The van der Waals surface area contributed by atoms with Crippen molar-refractivity contribution in [1.82, 2.24) is 4.98 Å². The smallest absolute Gasteiger partial charge is 0.119 e. The minimum Gasteiger partial charge on any atom is -0.303 e. The number of aldehydes is 1. The van der Waals surface area contributed by atoms with Gasteiger partial charge in [-0.15, -0.1) is 0 Å². The standard InChI is InChI=1S/C12H16N2O/c15-10-6-2-1-4-8-13-11-12-7-3-5-9-14-12/h3,5,7,9-11H,1-2,4,6,8H2/b13-11+. The quantitative estimate of drug-likeness (QED) is 0.388. The average molecular weight is 204 g/mol. The summed E-state index contributed by atoms with van der Waals surface area (Å²) in [5, 5.41) is 0. The molecule has 0 aliphatic rings. The number of hydrogen-bond donors (Lipinski definition) is 0. The fraction of sp³-hybridized carbons (Fsp3) is 0.417. The molecule has 1 heterocycles. The molecule has 1 rings (SSSR count). The number of aromatic nitrogens is 1. The molecule has 3 heteroatoms. The van der Waals surface area contributed by atoms with Crippen LogP contribution in [-0.4, -0.2) is 24.0 Å². The van der Waals surface area contributed by atoms with Crippen LogP contribution in [0.1, 0.15) is 31.4 Å². The molecule has 0 aliphatic heterocycles. The van der Waals surface area contributed by atoms with Crippen LogP contribution >= 0.6 is 0 Å². The third-order valence-electron chi connectivity index (χ3n) is 2.02. The fourth-order valence-electron chi connectivity index (χ4n) is 1.22. The van der Waals surface area contributed by atoms with Crippen LogP contribution in [0.3, 0.4) is 0 Å². The highest BCUT2D eigenvalue weighted by Gasteiger charge is 1.88. The van der Waals surface area contributed by atoms with E-state index in [1.165, 1.54) is 0 Å². The van der Waals surface area contributed by atoms with E-state index in [9.17, 15) is 4.79 Å². The lowest BCUT2D eigenvalue weighted by atomic mass is 10.2. The Morgan fingerprint density at radius 1 is 1.27 bits per heavy atom. The lowest BCUT2D eigenvalue weighted by Gasteiger charge is -1.94. The molecule has 15 heavy (non-hydrogen) atoms. The van der Waals surface area contributed by atoms with E-state index >= 15 is 0 Å². The van der Waals surface area contributed by atoms with Gasteiger partial charge in [0.1, 0.15) is 6.29 Å². The van der Waals surface area contributed by atoms with Crippen molar-refractivity contribution in [1.29, 1.82) is 0 Å². The Morgan fingerprint density at radius 2 is 2.20 bits per heavy atom. The monoisotopic (exact) mass is 204 g/mol. The Labute approximate surface area is 90.3 Å². The zero-order valence-electron chi connectivity index (χ0n) is 8.80. The fourth-order valence-corrected chi connectivity index (χ4v) is 1.22. The summed E-state index contributed by atoms with van der Waals surface area (Å²) >= 11 is 0. The first-order chi connectivity index (χ1) is 7.43. The number of carbonyl (C=O) groups excluding carboxylic acids is 1. The molecule has 0 aromatic carbocycles. The van der Waals surface area contributed by atoms with Gasteiger partial charge in [-0.3, -0.25) is 9.98 Å². The van der Waals surface area contributed by atoms with Gasteiger partial charge in [-0.1, -0.05) is 12.5 Å². The van der Waals surface area contributed by atoms with Crippen molar-refractivity contribution < 1.29 is 4.79 Å². The van der Waals surface area contributed by atoms with Crippen molar-refractivity contribution >= 4 is 12.5 Å². The maximum Gasteiger partial charge on any atom is 0.119 e. The van der Waals surface area contributed by atoms with Crippen molar-refractivity contribution in [2.45, 2.75) is 25.7 Å². The van der Waals surface area contributed by atoms with Gasteiger partial charge in [-0.05, 0) is 25.0 Å². The number of hydrogen-bond acceptors (Lipinski definition) is 3. The summed E-state index contributed by atoms with van der Waals surface area (Å²) in [4.78, 5) is 18.4. The van der Waals surface area contributed by atoms with Gasteiger partial charge in [0.2, 0.25) is 0 Å². The SMILES string of the molecule is O=CCCCCC/N=C/c1ccccn1. The van der Waals surface area contributed by atoms with Gasteiger partial charge >= 0.3 is 0 Å². The topological polar surface area (TPSA) is 42.3 Å². The highest BCUT2D eigenvalue weighted by molar-refractivity contribution is 5.76. The predicted octanol–water partition coefficient (Wildman–Crippen LogP) is 2.26. The third-order valence-corrected chi connectivity index (χ3v) is 2.02. The lowest BCUT2D eigenvalue weighted by Crippen LogP contribution is -1.88. The number of unbranched alkanes of at least 4 members (excludes halogenated alkanes) is 3. The van der Waals surface area contributed by atoms with Gasteiger partial charge in [-0.2, -0.15) is 0 Å². The molecule has 0 aliphatic carbocycles. The Balaban J connectivity index is 2.10. The van der Waals surface area contributed by atoms with E-state index < -0.39 is 0 Å². The summed E-state index contributed by atoms with van der Waals surface area (Å²) in [6, 6.07) is 5.76. The molecule has 1 aromatic heterocycles. The second-order valence-corrected chi connectivity index (χ2v) is 3.31. The maximum atomic E-state index is 10.0. The lowest BCUT2D eigenvalue weighted by molar-refractivity contribution is -0.107. The molecule has 1 aromatic rings. The molecule has 0 unspecified atom stereocenters. The average Bonchev–Trinajstić information content (AvgIpc) is 2.29. The molecule has 0 amide bonds. The second-order valence-electron chi connectivity index (χ2n) is 3.31. The van der Waals surface area contributed by atoms with Crippen LogP contribution in [0.4, 0.5) is 0 Å². The van der Waals surface area contributed by atoms with E-state index in [0.29, 0.717) is 6.42 Å². The van der Waals surface area contributed by atoms with Crippen LogP contribution < -0.4 is 0 Å². The summed E-state index contributed by atoms with van der Waals surface area (Å²) in [6.07, 6.45) is 8.27. The van der Waals surface area contributed by atoms with Crippen LogP contribution in [0.5, 0.6) is 0 Å². The first-order valence-corrected chi connectivity index (χ1v) is 5.28. The van der Waals surface area contributed by atoms with Crippen molar-refractivity contribution in [3.05, 3.63) is 30.1 Å². The molecular weight excluding hydrogens is 188 g/mol. The summed E-state index contributed by atoms with van der Waals surface area (Å²) in [6.45, 7) is 0.815. The minimum absolute atomic E-state index is 0.671. The van der Waals surface area contributed by atoms with Gasteiger partial charge in [0, 0.05) is 25.4 Å². The predicted molar refractivity (Wildman–Crippen MR) is 61.2 cm³/mol. The zero-order chi connectivity index (χ0) is 10.8. The minimum atomic E-state index is 0.671. The van der Waals surface area contributed by atoms with Crippen LogP contribution in [-0.2, 0) is 4.79 Å². The van der Waals surface area contributed by atoms with Gasteiger partial charge in [0.05, 0.1) is 5.69 Å². The van der Waals surface area contributed by atoms with E-state index in [0.717, 1.165) is 37.8 Å². The van der Waals surface area contributed by atoms with E-state index in [-0.39, 0.29) is 0 Å². The molecule has 80 valence electrons. The Kier molecular flexibility index (Phi) is 6.05. The molecule has 0 spiro atoms. The number of rotatable bonds is 7. The summed E-state index contributed by atoms with van der Waals surface area (Å²) < 4.78 is 0. The molecule has 0 fully saturated rings. The Morgan fingerprint density at radius 3 is 2.93 bits per heavy atom. The van der Waals surface area contributed by atoms with E-state index in [2.05, 4.69) is 9.98 Å². The van der Waals surface area contributed by atoms with Crippen molar-refractivity contribution in [2.75, 3.05) is 6.54 Å². The van der Waals surface area contributed by atoms with Crippen molar-refractivity contribution in [3.63, 3.8) is 0 Å². The van der Waals surface area contributed by atoms with E-state index in [1.807, 2.05) is 18.2 Å². The van der Waals surface area contributed by atoms with Crippen LogP contribution in [0.25, 0.3) is 0 Å². The van der Waals surface area contributed by atoms with E-state index in [1.54, 1.807) is 12.4 Å². The van der Waals surface area contributed by atoms with Crippen molar-refractivity contribution in [2.24, 2.45) is 4.99 Å². The summed E-state index contributed by atoms with van der Waals surface area (Å²) in [7, 11) is 0.